The Balaban J connectivity index is 2.05. The number of nitrogens with zero attached hydrogens (tertiary/aromatic N) is 1. The molecule has 0 radical (unpaired) electrons. The van der Waals surface area contributed by atoms with Crippen LogP contribution in [0.5, 0.6) is 0 Å². The van der Waals surface area contributed by atoms with Gasteiger partial charge in [-0.05, 0) is 41.5 Å². The van der Waals surface area contributed by atoms with Crippen molar-refractivity contribution in [1.82, 2.24) is 4.98 Å². The van der Waals surface area contributed by atoms with Crippen LogP contribution in [0.2, 0.25) is 0 Å². The minimum absolute atomic E-state index is 0.893. The van der Waals surface area contributed by atoms with Crippen LogP contribution in [0.25, 0.3) is 23.2 Å². The Bertz CT molecular complexity index is 1160. The van der Waals surface area contributed by atoms with Gasteiger partial charge in [0.2, 0.25) is 0 Å². The molecule has 2 heterocycles. The number of H-pyrrole nitrogens is 1. The lowest BCUT2D eigenvalue weighted by molar-refractivity contribution is 1.31. The zero-order valence-corrected chi connectivity index (χ0v) is 14.5. The minimum Gasteiger partial charge on any atom is -0.354 e. The van der Waals surface area contributed by atoms with Crippen molar-refractivity contribution in [2.75, 3.05) is 4.90 Å². The van der Waals surface area contributed by atoms with Gasteiger partial charge in [-0.1, -0.05) is 61.7 Å². The second-order valence-corrected chi connectivity index (χ2v) is 6.27. The summed E-state index contributed by atoms with van der Waals surface area (Å²) in [5, 5.41) is 3.34. The topological polar surface area (TPSA) is 19.0 Å². The van der Waals surface area contributed by atoms with Crippen LogP contribution in [0, 0.1) is 0 Å². The maximum absolute atomic E-state index is 4.17. The van der Waals surface area contributed by atoms with Crippen molar-refractivity contribution in [3.8, 4) is 0 Å². The van der Waals surface area contributed by atoms with Gasteiger partial charge in [-0.2, -0.15) is 0 Å². The van der Waals surface area contributed by atoms with E-state index in [4.69, 9.17) is 0 Å². The Labute approximate surface area is 153 Å². The molecule has 26 heavy (non-hydrogen) atoms. The number of fused-ring (bicyclic) bond motifs is 3. The SMILES string of the molecule is C=C1/C=C\C=C/N(c2ccccc2)/C=c2\c([nH]c3ccccc23)=C/C1=C. The number of benzene rings is 2. The number of aromatic amines is 1. The van der Waals surface area contributed by atoms with Crippen molar-refractivity contribution in [1.29, 1.82) is 0 Å². The smallest absolute Gasteiger partial charge is 0.0485 e. The highest BCUT2D eigenvalue weighted by Crippen LogP contribution is 2.16. The van der Waals surface area contributed by atoms with Gasteiger partial charge in [0.25, 0.3) is 0 Å². The van der Waals surface area contributed by atoms with Crippen LogP contribution in [0.1, 0.15) is 0 Å². The Morgan fingerprint density at radius 1 is 0.808 bits per heavy atom. The van der Waals surface area contributed by atoms with Crippen LogP contribution in [0.15, 0.2) is 103 Å². The van der Waals surface area contributed by atoms with E-state index in [1.165, 1.54) is 5.39 Å². The number of nitrogens with one attached hydrogen (secondary N) is 1. The number of allylic oxidation sites excluding steroid dienone is 5. The summed E-state index contributed by atoms with van der Waals surface area (Å²) in [7, 11) is 0. The molecule has 0 unspecified atom stereocenters. The first-order valence-corrected chi connectivity index (χ1v) is 8.59. The van der Waals surface area contributed by atoms with Gasteiger partial charge >= 0.3 is 0 Å². The van der Waals surface area contributed by atoms with Gasteiger partial charge in [0.15, 0.2) is 0 Å². The fourth-order valence-electron chi connectivity index (χ4n) is 3.07. The molecule has 0 bridgehead atoms. The molecule has 0 atom stereocenters. The summed E-state index contributed by atoms with van der Waals surface area (Å²) in [4.78, 5) is 5.64. The predicted molar refractivity (Wildman–Crippen MR) is 112 cm³/mol. The van der Waals surface area contributed by atoms with Crippen LogP contribution in [0.3, 0.4) is 0 Å². The van der Waals surface area contributed by atoms with E-state index in [2.05, 4.69) is 71.8 Å². The lowest BCUT2D eigenvalue weighted by Crippen LogP contribution is -2.26. The highest BCUT2D eigenvalue weighted by molar-refractivity contribution is 5.83. The van der Waals surface area contributed by atoms with Crippen LogP contribution < -0.4 is 15.5 Å². The fourth-order valence-corrected chi connectivity index (χ4v) is 3.07. The Morgan fingerprint density at radius 3 is 2.42 bits per heavy atom. The second-order valence-electron chi connectivity index (χ2n) is 6.27. The first-order valence-electron chi connectivity index (χ1n) is 8.59. The molecule has 1 aliphatic rings. The summed E-state index contributed by atoms with van der Waals surface area (Å²) in [6.07, 6.45) is 12.3. The first kappa shape index (κ1) is 16.0. The number of para-hydroxylation sites is 2. The van der Waals surface area contributed by atoms with Crippen molar-refractivity contribution in [3.05, 3.63) is 114 Å². The van der Waals surface area contributed by atoms with E-state index < -0.39 is 0 Å². The fraction of sp³-hybridized carbons (Fsp3) is 0. The quantitative estimate of drug-likeness (QED) is 0.698. The number of hydrogen-bond donors (Lipinski definition) is 1. The lowest BCUT2D eigenvalue weighted by Gasteiger charge is -2.15. The molecule has 1 aliphatic heterocycles. The average Bonchev–Trinajstić information content (AvgIpc) is 3.00. The zero-order valence-electron chi connectivity index (χ0n) is 14.5. The first-order chi connectivity index (χ1) is 12.7. The van der Waals surface area contributed by atoms with E-state index >= 15 is 0 Å². The van der Waals surface area contributed by atoms with E-state index in [9.17, 15) is 0 Å². The van der Waals surface area contributed by atoms with E-state index in [0.29, 0.717) is 0 Å². The molecule has 3 aromatic rings. The average molecular weight is 336 g/mol. The molecule has 126 valence electrons. The molecule has 2 heteroatoms. The third-order valence-corrected chi connectivity index (χ3v) is 4.49. The van der Waals surface area contributed by atoms with Crippen LogP contribution >= 0.6 is 0 Å². The molecule has 2 aromatic carbocycles. The Hall–Kier alpha value is -3.52. The summed E-state index contributed by atoms with van der Waals surface area (Å²) in [6, 6.07) is 18.6. The van der Waals surface area contributed by atoms with Gasteiger partial charge < -0.3 is 9.88 Å². The standard InChI is InChI=1S/C24H20N2/c1-18-10-8-9-15-26(20-11-4-3-5-12-20)17-22-21-13-6-7-14-23(21)25-24(22)16-19(18)2/h3-17,25H,1-2H2/b10-8-,15-9-,22-17-,24-16+. The van der Waals surface area contributed by atoms with E-state index in [1.54, 1.807) is 0 Å². The molecular weight excluding hydrogens is 316 g/mol. The summed E-state index contributed by atoms with van der Waals surface area (Å²) < 4.78 is 0. The van der Waals surface area contributed by atoms with Crippen LogP contribution in [0.4, 0.5) is 5.69 Å². The molecule has 0 saturated heterocycles. The van der Waals surface area contributed by atoms with Gasteiger partial charge in [-0.15, -0.1) is 0 Å². The van der Waals surface area contributed by atoms with Gasteiger partial charge in [0.05, 0.1) is 0 Å². The van der Waals surface area contributed by atoms with Crippen molar-refractivity contribution in [2.24, 2.45) is 0 Å². The number of anilines is 1. The monoisotopic (exact) mass is 336 g/mol. The normalized spacial score (nSPS) is 19.6. The Kier molecular flexibility index (Phi) is 4.16. The van der Waals surface area contributed by atoms with Gasteiger partial charge in [0.1, 0.15) is 0 Å². The summed E-state index contributed by atoms with van der Waals surface area (Å²) >= 11 is 0. The van der Waals surface area contributed by atoms with Crippen molar-refractivity contribution in [3.63, 3.8) is 0 Å². The maximum Gasteiger partial charge on any atom is 0.0485 e. The van der Waals surface area contributed by atoms with Gasteiger partial charge in [-0.3, -0.25) is 0 Å². The summed E-state index contributed by atoms with van der Waals surface area (Å²) in [5.74, 6) is 0. The minimum atomic E-state index is 0.893. The molecule has 2 nitrogen and oxygen atoms in total. The largest absolute Gasteiger partial charge is 0.354 e. The molecule has 0 saturated carbocycles. The zero-order chi connectivity index (χ0) is 17.9. The van der Waals surface area contributed by atoms with Crippen molar-refractivity contribution >= 4 is 28.9 Å². The molecule has 4 rings (SSSR count). The lowest BCUT2D eigenvalue weighted by atomic mass is 10.1. The van der Waals surface area contributed by atoms with Crippen LogP contribution in [-0.4, -0.2) is 4.98 Å². The summed E-state index contributed by atoms with van der Waals surface area (Å²) in [6.45, 7) is 8.28. The highest BCUT2D eigenvalue weighted by atomic mass is 15.1. The number of rotatable bonds is 1. The third-order valence-electron chi connectivity index (χ3n) is 4.49. The van der Waals surface area contributed by atoms with Crippen LogP contribution in [-0.2, 0) is 0 Å². The Morgan fingerprint density at radius 2 is 1.58 bits per heavy atom. The number of aromatic nitrogens is 1. The van der Waals surface area contributed by atoms with E-state index in [0.717, 1.165) is 32.9 Å². The highest BCUT2D eigenvalue weighted by Gasteiger charge is 2.05. The molecule has 1 N–H and O–H groups in total. The van der Waals surface area contributed by atoms with E-state index in [-0.39, 0.29) is 0 Å². The molecular formula is C24H20N2. The number of hydrogen-bond acceptors (Lipinski definition) is 1. The summed E-state index contributed by atoms with van der Waals surface area (Å²) in [5.41, 5.74) is 4.00. The maximum atomic E-state index is 4.17. The van der Waals surface area contributed by atoms with Gasteiger partial charge in [0, 0.05) is 39.6 Å². The third kappa shape index (κ3) is 3.05. The van der Waals surface area contributed by atoms with Crippen molar-refractivity contribution < 1.29 is 0 Å². The van der Waals surface area contributed by atoms with Crippen molar-refractivity contribution in [2.45, 2.75) is 0 Å². The second kappa shape index (κ2) is 6.77. The molecule has 0 aliphatic carbocycles. The molecule has 1 aromatic heterocycles. The molecule has 0 fully saturated rings. The van der Waals surface area contributed by atoms with Gasteiger partial charge in [-0.25, -0.2) is 0 Å². The van der Waals surface area contributed by atoms with E-state index in [1.807, 2.05) is 42.5 Å². The molecule has 0 spiro atoms. The predicted octanol–water partition coefficient (Wildman–Crippen LogP) is 4.39. The molecule has 0 amide bonds.